The van der Waals surface area contributed by atoms with Gasteiger partial charge in [0.15, 0.2) is 0 Å². The van der Waals surface area contributed by atoms with Crippen molar-refractivity contribution in [2.45, 2.75) is 26.2 Å². The maximum atomic E-state index is 10.1. The molecule has 0 aliphatic heterocycles. The predicted molar refractivity (Wildman–Crippen MR) is 120 cm³/mol. The van der Waals surface area contributed by atoms with Gasteiger partial charge in [0, 0.05) is 14.5 Å². The van der Waals surface area contributed by atoms with E-state index in [0.717, 1.165) is 17.8 Å². The Morgan fingerprint density at radius 3 is 2.73 bits per heavy atom. The molecular formula is C16H16I2N6OS. The Hall–Kier alpha value is -1.28. The van der Waals surface area contributed by atoms with Crippen LogP contribution in [0.4, 0.5) is 5.13 Å². The lowest BCUT2D eigenvalue weighted by atomic mass is 9.92. The van der Waals surface area contributed by atoms with Crippen molar-refractivity contribution in [1.29, 1.82) is 0 Å². The number of hydrogen-bond acceptors (Lipinski definition) is 7. The number of benzene rings is 1. The summed E-state index contributed by atoms with van der Waals surface area (Å²) in [7, 11) is 0. The van der Waals surface area contributed by atoms with Gasteiger partial charge in [0.2, 0.25) is 5.13 Å². The Labute approximate surface area is 182 Å². The Kier molecular flexibility index (Phi) is 5.81. The van der Waals surface area contributed by atoms with E-state index >= 15 is 0 Å². The highest BCUT2D eigenvalue weighted by Crippen LogP contribution is 2.34. The van der Waals surface area contributed by atoms with E-state index in [9.17, 15) is 5.11 Å². The third-order valence-corrected chi connectivity index (χ3v) is 5.76. The molecule has 136 valence electrons. The van der Waals surface area contributed by atoms with Gasteiger partial charge in [0.1, 0.15) is 23.4 Å². The van der Waals surface area contributed by atoms with Crippen LogP contribution in [-0.4, -0.2) is 31.1 Å². The van der Waals surface area contributed by atoms with Crippen LogP contribution in [0.1, 0.15) is 32.0 Å². The van der Waals surface area contributed by atoms with Crippen LogP contribution in [0.5, 0.6) is 5.75 Å². The monoisotopic (exact) mass is 594 g/mol. The largest absolute Gasteiger partial charge is 0.506 e. The second-order valence-corrected chi connectivity index (χ2v) is 9.84. The molecule has 0 spiro atoms. The van der Waals surface area contributed by atoms with E-state index in [4.69, 9.17) is 0 Å². The van der Waals surface area contributed by atoms with E-state index in [1.54, 1.807) is 17.2 Å². The minimum atomic E-state index is -0.147. The molecule has 26 heavy (non-hydrogen) atoms. The topological polar surface area (TPSA) is 88.2 Å². The summed E-state index contributed by atoms with van der Waals surface area (Å²) >= 11 is 5.76. The van der Waals surface area contributed by atoms with Crippen molar-refractivity contribution in [3.05, 3.63) is 43.2 Å². The number of hydrogen-bond donors (Lipinski definition) is 2. The van der Waals surface area contributed by atoms with Crippen molar-refractivity contribution < 1.29 is 5.11 Å². The van der Waals surface area contributed by atoms with E-state index in [2.05, 4.69) is 91.5 Å². The minimum Gasteiger partial charge on any atom is -0.506 e. The molecule has 10 heteroatoms. The maximum Gasteiger partial charge on any atom is 0.205 e. The van der Waals surface area contributed by atoms with E-state index in [-0.39, 0.29) is 11.2 Å². The molecule has 2 heterocycles. The molecule has 0 radical (unpaired) electrons. The van der Waals surface area contributed by atoms with Crippen molar-refractivity contribution in [2.24, 2.45) is 5.10 Å². The van der Waals surface area contributed by atoms with E-state index in [1.165, 1.54) is 17.7 Å². The average Bonchev–Trinajstić information content (AvgIpc) is 3.20. The van der Waals surface area contributed by atoms with Crippen molar-refractivity contribution in [1.82, 2.24) is 19.7 Å². The van der Waals surface area contributed by atoms with Crippen molar-refractivity contribution in [2.75, 3.05) is 5.43 Å². The van der Waals surface area contributed by atoms with E-state index in [1.807, 2.05) is 12.1 Å². The molecule has 0 fully saturated rings. The third kappa shape index (κ3) is 4.34. The summed E-state index contributed by atoms with van der Waals surface area (Å²) in [6.45, 7) is 6.30. The zero-order valence-corrected chi connectivity index (χ0v) is 19.4. The quantitative estimate of drug-likeness (QED) is 0.266. The molecule has 0 saturated carbocycles. The van der Waals surface area contributed by atoms with E-state index < -0.39 is 0 Å². The Morgan fingerprint density at radius 2 is 2.08 bits per heavy atom. The van der Waals surface area contributed by atoms with E-state index in [0.29, 0.717) is 10.7 Å². The number of rotatable bonds is 4. The molecule has 0 saturated heterocycles. The fourth-order valence-corrected chi connectivity index (χ4v) is 5.10. The molecule has 7 nitrogen and oxygen atoms in total. The first-order chi connectivity index (χ1) is 12.3. The van der Waals surface area contributed by atoms with Gasteiger partial charge in [-0.1, -0.05) is 32.1 Å². The number of hydrazone groups is 1. The first kappa shape index (κ1) is 19.5. The normalized spacial score (nSPS) is 12.0. The van der Waals surface area contributed by atoms with Gasteiger partial charge >= 0.3 is 0 Å². The van der Waals surface area contributed by atoms with Crippen LogP contribution >= 0.6 is 56.5 Å². The molecule has 2 aromatic heterocycles. The van der Waals surface area contributed by atoms with Gasteiger partial charge in [0.25, 0.3) is 0 Å². The number of anilines is 1. The lowest BCUT2D eigenvalue weighted by Crippen LogP contribution is -2.15. The molecule has 3 aromatic rings. The van der Waals surface area contributed by atoms with Gasteiger partial charge in [-0.25, -0.2) is 14.6 Å². The summed E-state index contributed by atoms with van der Waals surface area (Å²) < 4.78 is 3.53. The van der Waals surface area contributed by atoms with Crippen LogP contribution in [-0.2, 0) is 5.41 Å². The molecule has 0 unspecified atom stereocenters. The molecular weight excluding hydrogens is 578 g/mol. The summed E-state index contributed by atoms with van der Waals surface area (Å²) in [5.41, 5.74) is 4.37. The van der Waals surface area contributed by atoms with Gasteiger partial charge in [-0.15, -0.1) is 0 Å². The van der Waals surface area contributed by atoms with Crippen LogP contribution in [0.15, 0.2) is 29.9 Å². The number of phenols is 1. The van der Waals surface area contributed by atoms with Gasteiger partial charge in [-0.3, -0.25) is 5.43 Å². The average molecular weight is 594 g/mol. The Bertz CT molecular complexity index is 947. The third-order valence-electron chi connectivity index (χ3n) is 3.37. The summed E-state index contributed by atoms with van der Waals surface area (Å²) in [5.74, 6) is 0.217. The number of halogens is 2. The number of thiazole rings is 1. The fraction of sp³-hybridized carbons (Fsp3) is 0.250. The molecule has 3 rings (SSSR count). The lowest BCUT2D eigenvalue weighted by molar-refractivity contribution is 0.470. The molecule has 1 aromatic carbocycles. The SMILES string of the molecule is CC(C)(C)c1nc(N/N=C/c2cc(I)cc(I)c2O)sc1-n1cncn1. The molecule has 0 bridgehead atoms. The smallest absolute Gasteiger partial charge is 0.205 e. The highest BCUT2D eigenvalue weighted by molar-refractivity contribution is 14.1. The summed E-state index contributed by atoms with van der Waals surface area (Å²) in [4.78, 5) is 8.68. The van der Waals surface area contributed by atoms with Crippen molar-refractivity contribution in [3.63, 3.8) is 0 Å². The van der Waals surface area contributed by atoms with Gasteiger partial charge < -0.3 is 5.11 Å². The Morgan fingerprint density at radius 1 is 1.31 bits per heavy atom. The first-order valence-corrected chi connectivity index (χ1v) is 10.6. The van der Waals surface area contributed by atoms with Crippen molar-refractivity contribution >= 4 is 67.9 Å². The van der Waals surface area contributed by atoms with Crippen LogP contribution in [0.2, 0.25) is 0 Å². The molecule has 0 aliphatic carbocycles. The zero-order chi connectivity index (χ0) is 18.9. The maximum absolute atomic E-state index is 10.1. The van der Waals surface area contributed by atoms with Crippen LogP contribution in [0.3, 0.4) is 0 Å². The summed E-state index contributed by atoms with van der Waals surface area (Å²) in [5, 5.41) is 20.1. The second kappa shape index (κ2) is 7.76. The molecule has 0 amide bonds. The van der Waals surface area contributed by atoms with Gasteiger partial charge in [-0.2, -0.15) is 10.2 Å². The molecule has 0 aliphatic rings. The number of nitrogens with zero attached hydrogens (tertiary/aromatic N) is 5. The summed E-state index contributed by atoms with van der Waals surface area (Å²) in [6, 6.07) is 3.77. The summed E-state index contributed by atoms with van der Waals surface area (Å²) in [6.07, 6.45) is 4.74. The fourth-order valence-electron chi connectivity index (χ4n) is 2.16. The van der Waals surface area contributed by atoms with Crippen molar-refractivity contribution in [3.8, 4) is 10.8 Å². The number of phenolic OH excluding ortho intramolecular Hbond substituents is 1. The van der Waals surface area contributed by atoms with Gasteiger partial charge in [-0.05, 0) is 57.3 Å². The standard InChI is InChI=1S/C16H16I2N6OS/c1-16(2,3)13-14(24-8-19-7-21-24)26-15(22-13)23-20-6-9-4-10(17)5-11(18)12(9)25/h4-8,25H,1-3H3,(H,22,23)/b20-6+. The molecule has 0 atom stereocenters. The van der Waals surface area contributed by atoms with Gasteiger partial charge in [0.05, 0.1) is 15.5 Å². The number of aromatic hydroxyl groups is 1. The number of aromatic nitrogens is 4. The predicted octanol–water partition coefficient (Wildman–Crippen LogP) is 4.38. The highest BCUT2D eigenvalue weighted by Gasteiger charge is 2.24. The zero-order valence-electron chi connectivity index (χ0n) is 14.2. The second-order valence-electron chi connectivity index (χ2n) is 6.46. The molecule has 2 N–H and O–H groups in total. The van der Waals surface area contributed by atoms with Crippen LogP contribution in [0.25, 0.3) is 5.00 Å². The highest BCUT2D eigenvalue weighted by atomic mass is 127. The minimum absolute atomic E-state index is 0.147. The number of nitrogens with one attached hydrogen (secondary N) is 1. The van der Waals surface area contributed by atoms with Crippen LogP contribution in [0, 0.1) is 7.14 Å². The Balaban J connectivity index is 1.87. The first-order valence-electron chi connectivity index (χ1n) is 7.59. The lowest BCUT2D eigenvalue weighted by Gasteiger charge is -2.16. The van der Waals surface area contributed by atoms with Crippen LogP contribution < -0.4 is 5.43 Å².